The van der Waals surface area contributed by atoms with Gasteiger partial charge in [0.1, 0.15) is 11.0 Å². The monoisotopic (exact) mass is 458 g/mol. The number of carbonyl (C=O) groups excluding carboxylic acids is 1. The first kappa shape index (κ1) is 21.6. The SMILES string of the molecule is O=C(C1CCCCC1)C(C1CCc2ccccc2N1)N1CCN(c2cccc3n[nH]nc23)CC1. The standard InChI is InChI=1S/C27H34N6O/c34-27(20-8-2-1-3-9-20)26(23-14-13-19-7-4-5-10-21(19)28-23)33-17-15-32(16-18-33)24-12-6-11-22-25(24)30-31-29-22/h4-7,10-12,20,23,26,28H,1-3,8-9,13-18H2,(H,29,30,31). The van der Waals surface area contributed by atoms with Gasteiger partial charge in [-0.2, -0.15) is 15.4 Å². The fraction of sp³-hybridized carbons (Fsp3) is 0.519. The summed E-state index contributed by atoms with van der Waals surface area (Å²) >= 11 is 0. The maximum Gasteiger partial charge on any atom is 0.155 e. The second-order valence-electron chi connectivity index (χ2n) is 10.1. The molecule has 7 nitrogen and oxygen atoms in total. The number of piperazine rings is 1. The summed E-state index contributed by atoms with van der Waals surface area (Å²) < 4.78 is 0. The number of nitrogens with one attached hydrogen (secondary N) is 2. The van der Waals surface area contributed by atoms with Crippen LogP contribution in [0.4, 0.5) is 11.4 Å². The number of aromatic nitrogens is 3. The molecule has 2 fully saturated rings. The number of rotatable bonds is 5. The molecule has 34 heavy (non-hydrogen) atoms. The van der Waals surface area contributed by atoms with Crippen molar-refractivity contribution >= 4 is 28.2 Å². The van der Waals surface area contributed by atoms with Crippen LogP contribution in [0.5, 0.6) is 0 Å². The molecule has 0 radical (unpaired) electrons. The lowest BCUT2D eigenvalue weighted by molar-refractivity contribution is -0.130. The van der Waals surface area contributed by atoms with Gasteiger partial charge in [0.2, 0.25) is 0 Å². The van der Waals surface area contributed by atoms with Crippen LogP contribution in [0, 0.1) is 5.92 Å². The first-order valence-corrected chi connectivity index (χ1v) is 12.9. The third-order valence-electron chi connectivity index (χ3n) is 8.14. The molecule has 2 N–H and O–H groups in total. The van der Waals surface area contributed by atoms with Gasteiger partial charge in [-0.25, -0.2) is 0 Å². The van der Waals surface area contributed by atoms with Crippen LogP contribution in [-0.4, -0.2) is 64.4 Å². The Hall–Kier alpha value is -2.93. The highest BCUT2D eigenvalue weighted by Crippen LogP contribution is 2.33. The highest BCUT2D eigenvalue weighted by Gasteiger charge is 2.40. The number of hydrogen-bond acceptors (Lipinski definition) is 6. The number of H-pyrrole nitrogens is 1. The number of hydrogen-bond donors (Lipinski definition) is 2. The highest BCUT2D eigenvalue weighted by molar-refractivity contribution is 5.89. The van der Waals surface area contributed by atoms with Crippen LogP contribution in [0.1, 0.15) is 44.1 Å². The zero-order valence-corrected chi connectivity index (χ0v) is 19.7. The molecule has 3 aromatic rings. The number of anilines is 2. The summed E-state index contributed by atoms with van der Waals surface area (Å²) in [4.78, 5) is 18.9. The van der Waals surface area contributed by atoms with Crippen molar-refractivity contribution in [2.45, 2.75) is 57.0 Å². The van der Waals surface area contributed by atoms with E-state index in [0.29, 0.717) is 5.78 Å². The summed E-state index contributed by atoms with van der Waals surface area (Å²) in [7, 11) is 0. The zero-order chi connectivity index (χ0) is 22.9. The Balaban J connectivity index is 1.22. The van der Waals surface area contributed by atoms with Crippen LogP contribution in [0.3, 0.4) is 0 Å². The number of nitrogens with zero attached hydrogens (tertiary/aromatic N) is 4. The minimum absolute atomic E-state index is 0.0542. The van der Waals surface area contributed by atoms with Gasteiger partial charge in [0, 0.05) is 43.8 Å². The van der Waals surface area contributed by atoms with Gasteiger partial charge in [-0.1, -0.05) is 43.5 Å². The molecule has 3 aliphatic rings. The minimum atomic E-state index is -0.0542. The average molecular weight is 459 g/mol. The maximum absolute atomic E-state index is 14.0. The van der Waals surface area contributed by atoms with Gasteiger partial charge in [0.25, 0.3) is 0 Å². The molecule has 1 saturated heterocycles. The van der Waals surface area contributed by atoms with Gasteiger partial charge in [-0.15, -0.1) is 0 Å². The molecule has 0 spiro atoms. The van der Waals surface area contributed by atoms with Crippen LogP contribution in [-0.2, 0) is 11.2 Å². The lowest BCUT2D eigenvalue weighted by atomic mass is 9.80. The Bertz CT molecular complexity index is 1140. The van der Waals surface area contributed by atoms with Crippen molar-refractivity contribution in [3.63, 3.8) is 0 Å². The largest absolute Gasteiger partial charge is 0.380 e. The number of para-hydroxylation sites is 2. The first-order chi connectivity index (χ1) is 16.8. The Kier molecular flexibility index (Phi) is 5.95. The summed E-state index contributed by atoms with van der Waals surface area (Å²) in [6, 6.07) is 14.9. The highest BCUT2D eigenvalue weighted by atomic mass is 16.1. The normalized spacial score (nSPS) is 22.8. The molecule has 2 aromatic carbocycles. The summed E-state index contributed by atoms with van der Waals surface area (Å²) in [5.74, 6) is 0.697. The third-order valence-corrected chi connectivity index (χ3v) is 8.14. The van der Waals surface area contributed by atoms with Crippen molar-refractivity contribution in [3.05, 3.63) is 48.0 Å². The van der Waals surface area contributed by atoms with Gasteiger partial charge >= 0.3 is 0 Å². The van der Waals surface area contributed by atoms with E-state index in [4.69, 9.17) is 0 Å². The van der Waals surface area contributed by atoms with Gasteiger partial charge < -0.3 is 10.2 Å². The molecule has 2 atom stereocenters. The topological polar surface area (TPSA) is 77.2 Å². The van der Waals surface area contributed by atoms with E-state index in [2.05, 4.69) is 60.9 Å². The Morgan fingerprint density at radius 3 is 2.59 bits per heavy atom. The van der Waals surface area contributed by atoms with E-state index in [0.717, 1.165) is 68.6 Å². The third kappa shape index (κ3) is 4.06. The fourth-order valence-electron chi connectivity index (χ4n) is 6.31. The molecule has 2 aliphatic heterocycles. The zero-order valence-electron chi connectivity index (χ0n) is 19.7. The number of carbonyl (C=O) groups is 1. The van der Waals surface area contributed by atoms with E-state index in [1.807, 2.05) is 12.1 Å². The van der Waals surface area contributed by atoms with Gasteiger partial charge in [-0.05, 0) is 49.4 Å². The van der Waals surface area contributed by atoms with Gasteiger partial charge in [0.05, 0.1) is 11.7 Å². The number of benzene rings is 2. The van der Waals surface area contributed by atoms with Crippen molar-refractivity contribution in [1.29, 1.82) is 0 Å². The van der Waals surface area contributed by atoms with E-state index in [9.17, 15) is 4.79 Å². The minimum Gasteiger partial charge on any atom is -0.380 e. The van der Waals surface area contributed by atoms with E-state index in [1.165, 1.54) is 30.5 Å². The molecule has 1 aromatic heterocycles. The van der Waals surface area contributed by atoms with Crippen molar-refractivity contribution < 1.29 is 4.79 Å². The van der Waals surface area contributed by atoms with Gasteiger partial charge in [-0.3, -0.25) is 9.69 Å². The van der Waals surface area contributed by atoms with Crippen LogP contribution < -0.4 is 10.2 Å². The molecule has 0 amide bonds. The number of aryl methyl sites for hydroxylation is 1. The molecule has 3 heterocycles. The molecular formula is C27H34N6O. The second-order valence-corrected chi connectivity index (χ2v) is 10.1. The second kappa shape index (κ2) is 9.37. The first-order valence-electron chi connectivity index (χ1n) is 12.9. The molecule has 1 aliphatic carbocycles. The van der Waals surface area contributed by atoms with Crippen molar-refractivity contribution in [1.82, 2.24) is 20.3 Å². The molecular weight excluding hydrogens is 424 g/mol. The summed E-state index contributed by atoms with van der Waals surface area (Å²) in [5.41, 5.74) is 5.53. The molecule has 6 rings (SSSR count). The van der Waals surface area contributed by atoms with E-state index < -0.39 is 0 Å². The van der Waals surface area contributed by atoms with E-state index in [-0.39, 0.29) is 18.0 Å². The quantitative estimate of drug-likeness (QED) is 0.601. The smallest absolute Gasteiger partial charge is 0.155 e. The van der Waals surface area contributed by atoms with E-state index in [1.54, 1.807) is 0 Å². The predicted molar refractivity (Wildman–Crippen MR) is 135 cm³/mol. The maximum atomic E-state index is 14.0. The Labute approximate surface area is 200 Å². The summed E-state index contributed by atoms with van der Waals surface area (Å²) in [5, 5.41) is 15.2. The van der Waals surface area contributed by atoms with Crippen molar-refractivity contribution in [2.24, 2.45) is 5.92 Å². The van der Waals surface area contributed by atoms with Crippen LogP contribution in [0.2, 0.25) is 0 Å². The summed E-state index contributed by atoms with van der Waals surface area (Å²) in [6.45, 7) is 3.56. The predicted octanol–water partition coefficient (Wildman–Crippen LogP) is 4.02. The van der Waals surface area contributed by atoms with Crippen LogP contribution >= 0.6 is 0 Å². The Morgan fingerprint density at radius 2 is 1.74 bits per heavy atom. The van der Waals surface area contributed by atoms with Crippen LogP contribution in [0.25, 0.3) is 11.0 Å². The number of aromatic amines is 1. The fourth-order valence-corrected chi connectivity index (χ4v) is 6.31. The number of fused-ring (bicyclic) bond motifs is 2. The van der Waals surface area contributed by atoms with Crippen molar-refractivity contribution in [2.75, 3.05) is 36.4 Å². The molecule has 1 saturated carbocycles. The molecule has 0 bridgehead atoms. The Morgan fingerprint density at radius 1 is 0.912 bits per heavy atom. The van der Waals surface area contributed by atoms with Crippen LogP contribution in [0.15, 0.2) is 42.5 Å². The number of Topliss-reactive ketones (excluding diaryl/α,β-unsaturated/α-hetero) is 1. The average Bonchev–Trinajstić information content (AvgIpc) is 3.39. The van der Waals surface area contributed by atoms with Crippen molar-refractivity contribution in [3.8, 4) is 0 Å². The molecule has 178 valence electrons. The number of ketones is 1. The van der Waals surface area contributed by atoms with E-state index >= 15 is 0 Å². The van der Waals surface area contributed by atoms with Gasteiger partial charge in [0.15, 0.2) is 5.78 Å². The lowest BCUT2D eigenvalue weighted by Gasteiger charge is -2.45. The lowest BCUT2D eigenvalue weighted by Crippen LogP contribution is -2.60. The molecule has 2 unspecified atom stereocenters. The summed E-state index contributed by atoms with van der Waals surface area (Å²) in [6.07, 6.45) is 7.84. The molecule has 7 heteroatoms.